The Morgan fingerprint density at radius 2 is 2.55 bits per heavy atom. The third-order valence-electron chi connectivity index (χ3n) is 1.29. The van der Waals surface area contributed by atoms with Crippen molar-refractivity contribution >= 4 is 5.97 Å². The Bertz CT molecular complexity index is 184. The molecule has 0 aliphatic carbocycles. The first-order chi connectivity index (χ1) is 5.24. The second-order valence-corrected chi connectivity index (χ2v) is 2.35. The van der Waals surface area contributed by atoms with E-state index in [0.717, 1.165) is 0 Å². The van der Waals surface area contributed by atoms with Crippen molar-refractivity contribution < 1.29 is 18.7 Å². The normalized spacial score (nSPS) is 23.1. The number of hydrogen-bond acceptors (Lipinski definition) is 3. The van der Waals surface area contributed by atoms with Crippen molar-refractivity contribution in [2.45, 2.75) is 13.0 Å². The van der Waals surface area contributed by atoms with Crippen molar-refractivity contribution in [1.82, 2.24) is 0 Å². The molecule has 1 saturated heterocycles. The maximum absolute atomic E-state index is 11.7. The summed E-state index contributed by atoms with van der Waals surface area (Å²) in [7, 11) is 0. The third-order valence-corrected chi connectivity index (χ3v) is 1.29. The van der Waals surface area contributed by atoms with Crippen LogP contribution in [0.5, 0.6) is 0 Å². The highest BCUT2D eigenvalue weighted by Crippen LogP contribution is 2.09. The van der Waals surface area contributed by atoms with Crippen molar-refractivity contribution in [3.8, 4) is 0 Å². The van der Waals surface area contributed by atoms with E-state index in [-0.39, 0.29) is 24.6 Å². The van der Waals surface area contributed by atoms with E-state index in [9.17, 15) is 9.18 Å². The van der Waals surface area contributed by atoms with Gasteiger partial charge in [0.1, 0.15) is 12.7 Å². The number of ether oxygens (including phenoxy) is 2. The standard InChI is InChI=1S/C7H9FO3/c1-5(2-8)7(9)11-4-6-3-10-6/h2,6H,3-4H2,1H3. The number of carbonyl (C=O) groups excluding carboxylic acids is 1. The van der Waals surface area contributed by atoms with E-state index >= 15 is 0 Å². The van der Waals surface area contributed by atoms with Crippen LogP contribution in [0, 0.1) is 0 Å². The molecule has 1 fully saturated rings. The van der Waals surface area contributed by atoms with E-state index in [1.54, 1.807) is 0 Å². The fourth-order valence-corrected chi connectivity index (χ4v) is 0.491. The maximum Gasteiger partial charge on any atom is 0.336 e. The first-order valence-corrected chi connectivity index (χ1v) is 3.29. The summed E-state index contributed by atoms with van der Waals surface area (Å²) in [6.45, 7) is 2.21. The molecule has 0 aromatic heterocycles. The van der Waals surface area contributed by atoms with Gasteiger partial charge in [-0.3, -0.25) is 0 Å². The Morgan fingerprint density at radius 3 is 3.00 bits per heavy atom. The van der Waals surface area contributed by atoms with Crippen LogP contribution in [0.4, 0.5) is 4.39 Å². The lowest BCUT2D eigenvalue weighted by Crippen LogP contribution is -2.10. The van der Waals surface area contributed by atoms with Gasteiger partial charge < -0.3 is 9.47 Å². The van der Waals surface area contributed by atoms with Crippen LogP contribution in [-0.4, -0.2) is 25.3 Å². The molecule has 0 radical (unpaired) electrons. The monoisotopic (exact) mass is 160 g/mol. The summed E-state index contributed by atoms with van der Waals surface area (Å²) >= 11 is 0. The van der Waals surface area contributed by atoms with Crippen molar-refractivity contribution in [1.29, 1.82) is 0 Å². The van der Waals surface area contributed by atoms with Gasteiger partial charge in [-0.1, -0.05) is 0 Å². The Morgan fingerprint density at radius 1 is 1.91 bits per heavy atom. The van der Waals surface area contributed by atoms with E-state index in [0.29, 0.717) is 6.61 Å². The summed E-state index contributed by atoms with van der Waals surface area (Å²) in [6, 6.07) is 0. The van der Waals surface area contributed by atoms with Gasteiger partial charge in [0.2, 0.25) is 0 Å². The van der Waals surface area contributed by atoms with Gasteiger partial charge in [-0.15, -0.1) is 0 Å². The number of halogens is 1. The number of hydrogen-bond donors (Lipinski definition) is 0. The Kier molecular flexibility index (Phi) is 2.59. The SMILES string of the molecule is CC(=CF)C(=O)OCC1CO1. The van der Waals surface area contributed by atoms with Gasteiger partial charge in [-0.2, -0.15) is 0 Å². The molecule has 0 aromatic carbocycles. The van der Waals surface area contributed by atoms with E-state index in [4.69, 9.17) is 4.74 Å². The molecule has 62 valence electrons. The van der Waals surface area contributed by atoms with Crippen LogP contribution in [0.25, 0.3) is 0 Å². The maximum atomic E-state index is 11.7. The van der Waals surface area contributed by atoms with Crippen LogP contribution in [-0.2, 0) is 14.3 Å². The number of epoxide rings is 1. The average Bonchev–Trinajstić information content (AvgIpc) is 2.81. The summed E-state index contributed by atoms with van der Waals surface area (Å²) in [5.74, 6) is -0.622. The Hall–Kier alpha value is -0.900. The molecule has 1 unspecified atom stereocenters. The van der Waals surface area contributed by atoms with Crippen LogP contribution < -0.4 is 0 Å². The van der Waals surface area contributed by atoms with Gasteiger partial charge >= 0.3 is 5.97 Å². The van der Waals surface area contributed by atoms with Gasteiger partial charge in [0.25, 0.3) is 0 Å². The molecule has 0 amide bonds. The van der Waals surface area contributed by atoms with E-state index < -0.39 is 5.97 Å². The lowest BCUT2D eigenvalue weighted by Gasteiger charge is -1.99. The van der Waals surface area contributed by atoms with E-state index in [1.807, 2.05) is 0 Å². The van der Waals surface area contributed by atoms with Crippen LogP contribution in [0.1, 0.15) is 6.92 Å². The Labute approximate surface area is 63.8 Å². The van der Waals surface area contributed by atoms with Crippen LogP contribution in [0.2, 0.25) is 0 Å². The molecule has 4 heteroatoms. The second-order valence-electron chi connectivity index (χ2n) is 2.35. The zero-order chi connectivity index (χ0) is 8.27. The van der Waals surface area contributed by atoms with E-state index in [2.05, 4.69) is 4.74 Å². The lowest BCUT2D eigenvalue weighted by molar-refractivity contribution is -0.139. The van der Waals surface area contributed by atoms with Crippen molar-refractivity contribution in [2.75, 3.05) is 13.2 Å². The largest absolute Gasteiger partial charge is 0.459 e. The quantitative estimate of drug-likeness (QED) is 0.348. The summed E-state index contributed by atoms with van der Waals surface area (Å²) in [5, 5.41) is 0. The molecule has 0 spiro atoms. The molecule has 1 rings (SSSR count). The zero-order valence-corrected chi connectivity index (χ0v) is 6.17. The van der Waals surface area contributed by atoms with Crippen LogP contribution in [0.15, 0.2) is 11.9 Å². The molecule has 0 N–H and O–H groups in total. The van der Waals surface area contributed by atoms with Gasteiger partial charge in [0, 0.05) is 0 Å². The van der Waals surface area contributed by atoms with Gasteiger partial charge in [-0.25, -0.2) is 9.18 Å². The highest BCUT2D eigenvalue weighted by atomic mass is 19.1. The molecule has 1 aliphatic rings. The number of carbonyl (C=O) groups is 1. The predicted octanol–water partition coefficient (Wildman–Crippen LogP) is 0.802. The lowest BCUT2D eigenvalue weighted by atomic mass is 10.3. The number of rotatable bonds is 3. The fraction of sp³-hybridized carbons (Fsp3) is 0.571. The molecule has 1 atom stereocenters. The fourth-order valence-electron chi connectivity index (χ4n) is 0.491. The molecule has 0 bridgehead atoms. The predicted molar refractivity (Wildman–Crippen MR) is 35.6 cm³/mol. The summed E-state index contributed by atoms with van der Waals surface area (Å²) in [6.07, 6.45) is 0.266. The minimum Gasteiger partial charge on any atom is -0.459 e. The first kappa shape index (κ1) is 8.20. The molecule has 3 nitrogen and oxygen atoms in total. The highest BCUT2D eigenvalue weighted by molar-refractivity contribution is 5.87. The molecule has 1 heterocycles. The highest BCUT2D eigenvalue weighted by Gasteiger charge is 2.24. The molecule has 11 heavy (non-hydrogen) atoms. The van der Waals surface area contributed by atoms with E-state index in [1.165, 1.54) is 6.92 Å². The van der Waals surface area contributed by atoms with Crippen molar-refractivity contribution in [3.63, 3.8) is 0 Å². The van der Waals surface area contributed by atoms with Crippen LogP contribution >= 0.6 is 0 Å². The van der Waals surface area contributed by atoms with Crippen molar-refractivity contribution in [2.24, 2.45) is 0 Å². The topological polar surface area (TPSA) is 38.8 Å². The summed E-state index contributed by atoms with van der Waals surface area (Å²) < 4.78 is 21.1. The minimum absolute atomic E-state index is 0.0225. The molecular formula is C7H9FO3. The minimum atomic E-state index is -0.622. The number of esters is 1. The van der Waals surface area contributed by atoms with Gasteiger partial charge in [0.15, 0.2) is 0 Å². The molecule has 1 aliphatic heterocycles. The van der Waals surface area contributed by atoms with Crippen LogP contribution in [0.3, 0.4) is 0 Å². The molecule has 0 aromatic rings. The first-order valence-electron chi connectivity index (χ1n) is 3.29. The third kappa shape index (κ3) is 2.67. The van der Waals surface area contributed by atoms with Gasteiger partial charge in [0.05, 0.1) is 18.5 Å². The zero-order valence-electron chi connectivity index (χ0n) is 6.17. The van der Waals surface area contributed by atoms with Crippen molar-refractivity contribution in [3.05, 3.63) is 11.9 Å². The average molecular weight is 160 g/mol. The van der Waals surface area contributed by atoms with Gasteiger partial charge in [-0.05, 0) is 6.92 Å². The second kappa shape index (κ2) is 3.48. The smallest absolute Gasteiger partial charge is 0.336 e. The molecule has 0 saturated carbocycles. The Balaban J connectivity index is 2.19. The molecular weight excluding hydrogens is 151 g/mol. The summed E-state index contributed by atoms with van der Waals surface area (Å²) in [4.78, 5) is 10.7. The summed E-state index contributed by atoms with van der Waals surface area (Å²) in [5.41, 5.74) is -0.0225.